The van der Waals surface area contributed by atoms with Crippen molar-refractivity contribution in [2.75, 3.05) is 5.88 Å². The molecule has 0 saturated heterocycles. The third-order valence-corrected chi connectivity index (χ3v) is 3.08. The van der Waals surface area contributed by atoms with Crippen LogP contribution in [0.5, 0.6) is 11.5 Å². The second-order valence-electron chi connectivity index (χ2n) is 4.72. The van der Waals surface area contributed by atoms with Crippen LogP contribution in [0, 0.1) is 0 Å². The summed E-state index contributed by atoms with van der Waals surface area (Å²) in [5, 5.41) is 0. The summed E-state index contributed by atoms with van der Waals surface area (Å²) in [6, 6.07) is 6.40. The minimum Gasteiger partial charge on any atom is -0.426 e. The van der Waals surface area contributed by atoms with E-state index < -0.39 is 5.97 Å². The zero-order chi connectivity index (χ0) is 15.5. The van der Waals surface area contributed by atoms with Crippen LogP contribution in [0.25, 0.3) is 0 Å². The molecule has 116 valence electrons. The van der Waals surface area contributed by atoms with Gasteiger partial charge in [-0.2, -0.15) is 0 Å². The molecule has 5 heteroatoms. The molecule has 21 heavy (non-hydrogen) atoms. The monoisotopic (exact) mass is 312 g/mol. The maximum absolute atomic E-state index is 11.7. The third-order valence-electron chi connectivity index (χ3n) is 2.86. The van der Waals surface area contributed by atoms with E-state index in [4.69, 9.17) is 21.1 Å². The zero-order valence-electron chi connectivity index (χ0n) is 12.3. The van der Waals surface area contributed by atoms with Crippen LogP contribution in [-0.4, -0.2) is 17.8 Å². The third kappa shape index (κ3) is 7.71. The molecule has 1 aromatic rings. The van der Waals surface area contributed by atoms with Gasteiger partial charge in [-0.1, -0.05) is 38.7 Å². The summed E-state index contributed by atoms with van der Waals surface area (Å²) in [7, 11) is 0. The smallest absolute Gasteiger partial charge is 0.326 e. The number of carbonyl (C=O) groups excluding carboxylic acids is 2. The molecule has 0 bridgehead atoms. The largest absolute Gasteiger partial charge is 0.426 e. The van der Waals surface area contributed by atoms with Crippen molar-refractivity contribution in [3.63, 3.8) is 0 Å². The Morgan fingerprint density at radius 2 is 1.62 bits per heavy atom. The fourth-order valence-corrected chi connectivity index (χ4v) is 1.87. The fraction of sp³-hybridized carbons (Fsp3) is 0.500. The molecule has 4 nitrogen and oxygen atoms in total. The predicted octanol–water partition coefficient (Wildman–Crippen LogP) is 4.10. The van der Waals surface area contributed by atoms with Gasteiger partial charge in [0.1, 0.15) is 17.4 Å². The highest BCUT2D eigenvalue weighted by Crippen LogP contribution is 2.20. The van der Waals surface area contributed by atoms with Crippen LogP contribution < -0.4 is 9.47 Å². The molecule has 0 atom stereocenters. The van der Waals surface area contributed by atoms with Gasteiger partial charge < -0.3 is 9.47 Å². The van der Waals surface area contributed by atoms with Crippen LogP contribution in [0.3, 0.4) is 0 Å². The molecule has 0 radical (unpaired) electrons. The van der Waals surface area contributed by atoms with Gasteiger partial charge in [0.15, 0.2) is 0 Å². The van der Waals surface area contributed by atoms with Crippen molar-refractivity contribution in [3.05, 3.63) is 24.3 Å². The van der Waals surface area contributed by atoms with Gasteiger partial charge in [0.05, 0.1) is 0 Å². The molecule has 0 spiro atoms. The molecule has 1 rings (SSSR count). The Kier molecular flexibility index (Phi) is 8.51. The summed E-state index contributed by atoms with van der Waals surface area (Å²) in [4.78, 5) is 22.8. The van der Waals surface area contributed by atoms with Gasteiger partial charge in [-0.05, 0) is 18.6 Å². The van der Waals surface area contributed by atoms with E-state index >= 15 is 0 Å². The van der Waals surface area contributed by atoms with Gasteiger partial charge in [-0.25, -0.2) is 0 Å². The van der Waals surface area contributed by atoms with Crippen LogP contribution in [0.1, 0.15) is 45.4 Å². The first kappa shape index (κ1) is 17.5. The number of halogens is 1. The number of hydrogen-bond donors (Lipinski definition) is 0. The lowest BCUT2D eigenvalue weighted by Gasteiger charge is -2.06. The van der Waals surface area contributed by atoms with Crippen molar-refractivity contribution in [1.29, 1.82) is 0 Å². The zero-order valence-corrected chi connectivity index (χ0v) is 13.0. The number of unbranched alkanes of at least 4 members (excludes halogenated alkanes) is 4. The van der Waals surface area contributed by atoms with Gasteiger partial charge >= 0.3 is 11.9 Å². The van der Waals surface area contributed by atoms with Crippen LogP contribution in [-0.2, 0) is 9.59 Å². The first-order valence-electron chi connectivity index (χ1n) is 7.23. The number of ether oxygens (including phenoxy) is 2. The first-order chi connectivity index (χ1) is 10.2. The average molecular weight is 313 g/mol. The highest BCUT2D eigenvalue weighted by Gasteiger charge is 2.07. The first-order valence-corrected chi connectivity index (χ1v) is 7.76. The second-order valence-corrected chi connectivity index (χ2v) is 4.99. The van der Waals surface area contributed by atoms with E-state index in [1.165, 1.54) is 18.9 Å². The number of carbonyl (C=O) groups is 2. The molecule has 0 aliphatic carbocycles. The standard InChI is InChI=1S/C16H21ClO4/c1-2-3-4-5-6-10-15(18)20-13-8-7-9-14(11-13)21-16(19)12-17/h7-9,11H,2-6,10,12H2,1H3. The maximum Gasteiger partial charge on any atom is 0.326 e. The van der Waals surface area contributed by atoms with Crippen molar-refractivity contribution in [2.24, 2.45) is 0 Å². The molecule has 0 aliphatic rings. The van der Waals surface area contributed by atoms with Crippen molar-refractivity contribution >= 4 is 23.5 Å². The Hall–Kier alpha value is -1.55. The second kappa shape index (κ2) is 10.2. The Labute approximate surface area is 130 Å². The topological polar surface area (TPSA) is 52.6 Å². The predicted molar refractivity (Wildman–Crippen MR) is 81.8 cm³/mol. The quantitative estimate of drug-likeness (QED) is 0.298. The number of esters is 2. The highest BCUT2D eigenvalue weighted by molar-refractivity contribution is 6.26. The Morgan fingerprint density at radius 3 is 2.24 bits per heavy atom. The molecule has 0 aromatic heterocycles. The summed E-state index contributed by atoms with van der Waals surface area (Å²) in [5.41, 5.74) is 0. The molecule has 0 amide bonds. The number of rotatable bonds is 9. The SMILES string of the molecule is CCCCCCCC(=O)Oc1cccc(OC(=O)CCl)c1. The van der Waals surface area contributed by atoms with E-state index in [2.05, 4.69) is 6.92 Å². The Balaban J connectivity index is 2.38. The van der Waals surface area contributed by atoms with Gasteiger partial charge in [-0.3, -0.25) is 9.59 Å². The maximum atomic E-state index is 11.7. The molecule has 1 aromatic carbocycles. The summed E-state index contributed by atoms with van der Waals surface area (Å²) >= 11 is 5.36. The Bertz CT molecular complexity index is 459. The minimum atomic E-state index is -0.545. The molecular weight excluding hydrogens is 292 g/mol. The van der Waals surface area contributed by atoms with Crippen molar-refractivity contribution in [2.45, 2.75) is 45.4 Å². The van der Waals surface area contributed by atoms with Gasteiger partial charge in [0, 0.05) is 12.5 Å². The van der Waals surface area contributed by atoms with Crippen LogP contribution in [0.4, 0.5) is 0 Å². The van der Waals surface area contributed by atoms with Crippen molar-refractivity contribution < 1.29 is 19.1 Å². The lowest BCUT2D eigenvalue weighted by molar-refractivity contribution is -0.134. The van der Waals surface area contributed by atoms with Gasteiger partial charge in [0.25, 0.3) is 0 Å². The lowest BCUT2D eigenvalue weighted by Crippen LogP contribution is -2.10. The van der Waals surface area contributed by atoms with E-state index in [1.54, 1.807) is 18.2 Å². The van der Waals surface area contributed by atoms with Crippen molar-refractivity contribution in [1.82, 2.24) is 0 Å². The number of benzene rings is 1. The molecule has 0 heterocycles. The van der Waals surface area contributed by atoms with Crippen molar-refractivity contribution in [3.8, 4) is 11.5 Å². The van der Waals surface area contributed by atoms with Crippen LogP contribution in [0.2, 0.25) is 0 Å². The summed E-state index contributed by atoms with van der Waals surface area (Å²) < 4.78 is 10.2. The molecule has 0 saturated carbocycles. The number of hydrogen-bond acceptors (Lipinski definition) is 4. The van der Waals surface area contributed by atoms with E-state index in [-0.39, 0.29) is 11.8 Å². The van der Waals surface area contributed by atoms with Gasteiger partial charge in [-0.15, -0.1) is 11.6 Å². The molecule has 0 N–H and O–H groups in total. The molecular formula is C16H21ClO4. The normalized spacial score (nSPS) is 10.2. The molecule has 0 fully saturated rings. The lowest BCUT2D eigenvalue weighted by atomic mass is 10.1. The van der Waals surface area contributed by atoms with E-state index in [9.17, 15) is 9.59 Å². The number of alkyl halides is 1. The van der Waals surface area contributed by atoms with Crippen LogP contribution >= 0.6 is 11.6 Å². The summed E-state index contributed by atoms with van der Waals surface area (Å²) in [5.74, 6) is -0.354. The van der Waals surface area contributed by atoms with Gasteiger partial charge in [0.2, 0.25) is 0 Å². The average Bonchev–Trinajstić information content (AvgIpc) is 2.47. The summed E-state index contributed by atoms with van der Waals surface area (Å²) in [6.07, 6.45) is 5.79. The highest BCUT2D eigenvalue weighted by atomic mass is 35.5. The van der Waals surface area contributed by atoms with E-state index in [0.29, 0.717) is 17.9 Å². The molecule has 0 aliphatic heterocycles. The molecule has 0 unspecified atom stereocenters. The van der Waals surface area contributed by atoms with Crippen LogP contribution in [0.15, 0.2) is 24.3 Å². The summed E-state index contributed by atoms with van der Waals surface area (Å²) in [6.45, 7) is 2.15. The Morgan fingerprint density at radius 1 is 1.00 bits per heavy atom. The fourth-order valence-electron chi connectivity index (χ4n) is 1.82. The van der Waals surface area contributed by atoms with E-state index in [0.717, 1.165) is 19.3 Å². The van der Waals surface area contributed by atoms with E-state index in [1.807, 2.05) is 0 Å². The minimum absolute atomic E-state index is 0.220.